The molecule has 2 heterocycles. The first-order valence-electron chi connectivity index (χ1n) is 6.88. The Kier molecular flexibility index (Phi) is 4.60. The number of likely N-dealkylation sites (N-methyl/N-ethyl adjacent to an activating group) is 1. The predicted octanol–water partition coefficient (Wildman–Crippen LogP) is 0.277. The van der Waals surface area contributed by atoms with Crippen molar-refractivity contribution in [2.24, 2.45) is 0 Å². The third-order valence-corrected chi connectivity index (χ3v) is 3.35. The third-order valence-electron chi connectivity index (χ3n) is 3.35. The van der Waals surface area contributed by atoms with Crippen molar-refractivity contribution in [1.29, 1.82) is 0 Å². The second-order valence-electron chi connectivity index (χ2n) is 4.94. The second kappa shape index (κ2) is 6.40. The number of nitrogens with one attached hydrogen (secondary N) is 1. The van der Waals surface area contributed by atoms with Gasteiger partial charge in [-0.15, -0.1) is 0 Å². The number of carbonyl (C=O) groups is 2. The molecule has 3 amide bonds. The number of nitrogens with zero attached hydrogens (tertiary/aromatic N) is 4. The zero-order valence-electron chi connectivity index (χ0n) is 12.0. The monoisotopic (exact) mass is 279 g/mol. The number of imidazole rings is 1. The number of rotatable bonds is 6. The number of hydrogen-bond donors (Lipinski definition) is 1. The van der Waals surface area contributed by atoms with Crippen LogP contribution in [0, 0.1) is 0 Å². The van der Waals surface area contributed by atoms with Crippen LogP contribution >= 0.6 is 0 Å². The predicted molar refractivity (Wildman–Crippen MR) is 74.0 cm³/mol. The van der Waals surface area contributed by atoms with Gasteiger partial charge in [-0.1, -0.05) is 6.92 Å². The number of hydrogen-bond acceptors (Lipinski definition) is 3. The number of amides is 3. The smallest absolute Gasteiger partial charge is 0.320 e. The minimum absolute atomic E-state index is 0.0902. The van der Waals surface area contributed by atoms with Gasteiger partial charge in [-0.2, -0.15) is 0 Å². The molecule has 0 bridgehead atoms. The van der Waals surface area contributed by atoms with E-state index >= 15 is 0 Å². The highest BCUT2D eigenvalue weighted by molar-refractivity contribution is 5.84. The Balaban J connectivity index is 1.80. The average Bonchev–Trinajstić information content (AvgIpc) is 2.99. The van der Waals surface area contributed by atoms with Crippen LogP contribution in [0.5, 0.6) is 0 Å². The Morgan fingerprint density at radius 2 is 2.25 bits per heavy atom. The van der Waals surface area contributed by atoms with E-state index in [1.807, 2.05) is 10.8 Å². The molecular formula is C13H21N5O2. The van der Waals surface area contributed by atoms with E-state index in [2.05, 4.69) is 17.2 Å². The second-order valence-corrected chi connectivity index (χ2v) is 4.94. The van der Waals surface area contributed by atoms with Crippen LogP contribution in [0.15, 0.2) is 12.4 Å². The van der Waals surface area contributed by atoms with Crippen molar-refractivity contribution in [2.75, 3.05) is 26.7 Å². The minimum atomic E-state index is -0.153. The Labute approximate surface area is 118 Å². The van der Waals surface area contributed by atoms with Gasteiger partial charge in [0.2, 0.25) is 5.91 Å². The van der Waals surface area contributed by atoms with Crippen LogP contribution < -0.4 is 5.32 Å². The van der Waals surface area contributed by atoms with Gasteiger partial charge in [-0.05, 0) is 6.42 Å². The molecule has 0 radical (unpaired) electrons. The molecule has 2 rings (SSSR count). The summed E-state index contributed by atoms with van der Waals surface area (Å²) in [4.78, 5) is 30.9. The summed E-state index contributed by atoms with van der Waals surface area (Å²) in [6.07, 6.45) is 4.66. The summed E-state index contributed by atoms with van der Waals surface area (Å²) in [5, 5.41) is 2.81. The lowest BCUT2D eigenvalue weighted by Crippen LogP contribution is -2.39. The molecule has 20 heavy (non-hydrogen) atoms. The van der Waals surface area contributed by atoms with Crippen molar-refractivity contribution in [3.63, 3.8) is 0 Å². The van der Waals surface area contributed by atoms with E-state index in [0.717, 1.165) is 18.8 Å². The van der Waals surface area contributed by atoms with Gasteiger partial charge in [0, 0.05) is 39.1 Å². The summed E-state index contributed by atoms with van der Waals surface area (Å²) in [6, 6.07) is -0.0902. The van der Waals surface area contributed by atoms with E-state index in [1.54, 1.807) is 23.0 Å². The maximum absolute atomic E-state index is 11.9. The van der Waals surface area contributed by atoms with Gasteiger partial charge in [-0.25, -0.2) is 9.78 Å². The van der Waals surface area contributed by atoms with E-state index in [-0.39, 0.29) is 18.5 Å². The highest BCUT2D eigenvalue weighted by Crippen LogP contribution is 2.05. The van der Waals surface area contributed by atoms with Gasteiger partial charge in [0.15, 0.2) is 0 Å². The zero-order chi connectivity index (χ0) is 14.5. The zero-order valence-corrected chi connectivity index (χ0v) is 12.0. The minimum Gasteiger partial charge on any atom is -0.347 e. The van der Waals surface area contributed by atoms with Crippen LogP contribution in [0.1, 0.15) is 19.2 Å². The number of carbonyl (C=O) groups excluding carboxylic acids is 2. The highest BCUT2D eigenvalue weighted by atomic mass is 16.2. The summed E-state index contributed by atoms with van der Waals surface area (Å²) in [5.74, 6) is 0.685. The standard InChI is InChI=1S/C13H21N5O2/c1-3-5-17-6-4-14-11(17)9-15-12(19)10-18-8-7-16(2)13(18)20/h4,6H,3,5,7-10H2,1-2H3,(H,15,19). The van der Waals surface area contributed by atoms with Crippen LogP contribution in [0.3, 0.4) is 0 Å². The Hall–Kier alpha value is -2.05. The van der Waals surface area contributed by atoms with Gasteiger partial charge >= 0.3 is 6.03 Å². The lowest BCUT2D eigenvalue weighted by molar-refractivity contribution is -0.121. The first-order valence-corrected chi connectivity index (χ1v) is 6.88. The van der Waals surface area contributed by atoms with Crippen LogP contribution in [0.4, 0.5) is 4.79 Å². The van der Waals surface area contributed by atoms with Gasteiger partial charge in [-0.3, -0.25) is 4.79 Å². The van der Waals surface area contributed by atoms with Crippen LogP contribution in [-0.4, -0.2) is 58.0 Å². The fraction of sp³-hybridized carbons (Fsp3) is 0.615. The Bertz CT molecular complexity index is 485. The molecule has 7 nitrogen and oxygen atoms in total. The molecule has 1 aliphatic rings. The summed E-state index contributed by atoms with van der Waals surface area (Å²) >= 11 is 0. The van der Waals surface area contributed by atoms with Gasteiger partial charge in [0.25, 0.3) is 0 Å². The van der Waals surface area contributed by atoms with E-state index < -0.39 is 0 Å². The molecule has 0 atom stereocenters. The SMILES string of the molecule is CCCn1ccnc1CNC(=O)CN1CCN(C)C1=O. The summed E-state index contributed by atoms with van der Waals surface area (Å²) in [5.41, 5.74) is 0. The first-order chi connectivity index (χ1) is 9.61. The van der Waals surface area contributed by atoms with Crippen LogP contribution in [-0.2, 0) is 17.9 Å². The molecule has 0 unspecified atom stereocenters. The van der Waals surface area contributed by atoms with E-state index in [0.29, 0.717) is 19.6 Å². The van der Waals surface area contributed by atoms with E-state index in [1.165, 1.54) is 0 Å². The number of aromatic nitrogens is 2. The molecule has 0 aromatic carbocycles. The molecular weight excluding hydrogens is 258 g/mol. The van der Waals surface area contributed by atoms with E-state index in [9.17, 15) is 9.59 Å². The van der Waals surface area contributed by atoms with Crippen molar-refractivity contribution >= 4 is 11.9 Å². The number of urea groups is 1. The Morgan fingerprint density at radius 1 is 1.45 bits per heavy atom. The largest absolute Gasteiger partial charge is 0.347 e. The molecule has 0 aliphatic carbocycles. The molecule has 1 aromatic heterocycles. The molecule has 7 heteroatoms. The third kappa shape index (κ3) is 3.28. The molecule has 1 aliphatic heterocycles. The fourth-order valence-corrected chi connectivity index (χ4v) is 2.21. The first kappa shape index (κ1) is 14.4. The molecule has 1 aromatic rings. The molecule has 110 valence electrons. The van der Waals surface area contributed by atoms with Crippen molar-refractivity contribution in [3.05, 3.63) is 18.2 Å². The van der Waals surface area contributed by atoms with Crippen molar-refractivity contribution in [1.82, 2.24) is 24.7 Å². The van der Waals surface area contributed by atoms with Crippen molar-refractivity contribution < 1.29 is 9.59 Å². The summed E-state index contributed by atoms with van der Waals surface area (Å²) in [7, 11) is 1.74. The lowest BCUT2D eigenvalue weighted by Gasteiger charge is -2.15. The lowest BCUT2D eigenvalue weighted by atomic mass is 10.4. The normalized spacial score (nSPS) is 15.0. The number of aryl methyl sites for hydroxylation is 1. The van der Waals surface area contributed by atoms with Crippen LogP contribution in [0.25, 0.3) is 0 Å². The Morgan fingerprint density at radius 3 is 2.90 bits per heavy atom. The van der Waals surface area contributed by atoms with Gasteiger partial charge < -0.3 is 19.7 Å². The topological polar surface area (TPSA) is 70.5 Å². The molecule has 1 fully saturated rings. The summed E-state index contributed by atoms with van der Waals surface area (Å²) in [6.45, 7) is 4.76. The van der Waals surface area contributed by atoms with Crippen molar-refractivity contribution in [2.45, 2.75) is 26.4 Å². The maximum atomic E-state index is 11.9. The van der Waals surface area contributed by atoms with Crippen molar-refractivity contribution in [3.8, 4) is 0 Å². The maximum Gasteiger partial charge on any atom is 0.320 e. The average molecular weight is 279 g/mol. The fourth-order valence-electron chi connectivity index (χ4n) is 2.21. The van der Waals surface area contributed by atoms with Gasteiger partial charge in [0.1, 0.15) is 12.4 Å². The van der Waals surface area contributed by atoms with Gasteiger partial charge in [0.05, 0.1) is 6.54 Å². The van der Waals surface area contributed by atoms with Crippen LogP contribution in [0.2, 0.25) is 0 Å². The molecule has 0 saturated carbocycles. The summed E-state index contributed by atoms with van der Waals surface area (Å²) < 4.78 is 2.02. The molecule has 1 N–H and O–H groups in total. The molecule has 0 spiro atoms. The highest BCUT2D eigenvalue weighted by Gasteiger charge is 2.26. The quantitative estimate of drug-likeness (QED) is 0.813. The van der Waals surface area contributed by atoms with E-state index in [4.69, 9.17) is 0 Å². The molecule has 1 saturated heterocycles.